The van der Waals surface area contributed by atoms with Gasteiger partial charge in [-0.25, -0.2) is 4.39 Å². The summed E-state index contributed by atoms with van der Waals surface area (Å²) in [5, 5.41) is 10.4. The fourth-order valence-electron chi connectivity index (χ4n) is 2.86. The normalized spacial score (nSPS) is 12.6. The van der Waals surface area contributed by atoms with Gasteiger partial charge in [-0.2, -0.15) is 0 Å². The van der Waals surface area contributed by atoms with Crippen molar-refractivity contribution >= 4 is 0 Å². The van der Waals surface area contributed by atoms with E-state index in [2.05, 4.69) is 0 Å². The fraction of sp³-hybridized carbons (Fsp3) is 0.333. The Morgan fingerprint density at radius 1 is 1.07 bits per heavy atom. The standard InChI is InChI=1S/C21H24FNO4/c1-16-4-9-20(27-16)13-23(11-17-5-7-18(22)8-6-17)12-19(24)14-25-15-21-3-2-10-26-21/h2-10,19,24H,11-15H2,1H3/t19-/m1/s1. The first-order valence-electron chi connectivity index (χ1n) is 8.89. The Labute approximate surface area is 158 Å². The summed E-state index contributed by atoms with van der Waals surface area (Å²) in [5.41, 5.74) is 0.961. The lowest BCUT2D eigenvalue weighted by molar-refractivity contribution is 0.00160. The molecule has 2 heterocycles. The monoisotopic (exact) mass is 373 g/mol. The summed E-state index contributed by atoms with van der Waals surface area (Å²) in [6, 6.07) is 13.8. The van der Waals surface area contributed by atoms with Crippen LogP contribution in [0, 0.1) is 12.7 Å². The average molecular weight is 373 g/mol. The van der Waals surface area contributed by atoms with E-state index in [1.54, 1.807) is 24.5 Å². The van der Waals surface area contributed by atoms with E-state index in [-0.39, 0.29) is 12.4 Å². The zero-order chi connectivity index (χ0) is 19.1. The largest absolute Gasteiger partial charge is 0.467 e. The smallest absolute Gasteiger partial charge is 0.129 e. The molecule has 0 aliphatic rings. The van der Waals surface area contributed by atoms with Crippen molar-refractivity contribution in [2.75, 3.05) is 13.2 Å². The number of hydrogen-bond donors (Lipinski definition) is 1. The van der Waals surface area contributed by atoms with Gasteiger partial charge in [0.05, 0.1) is 25.5 Å². The van der Waals surface area contributed by atoms with Crippen molar-refractivity contribution in [2.45, 2.75) is 32.7 Å². The lowest BCUT2D eigenvalue weighted by atomic mass is 10.2. The maximum absolute atomic E-state index is 13.1. The summed E-state index contributed by atoms with van der Waals surface area (Å²) in [6.45, 7) is 3.91. The van der Waals surface area contributed by atoms with Gasteiger partial charge in [0.25, 0.3) is 0 Å². The fourth-order valence-corrected chi connectivity index (χ4v) is 2.86. The van der Waals surface area contributed by atoms with E-state index in [1.807, 2.05) is 30.0 Å². The van der Waals surface area contributed by atoms with Crippen LogP contribution < -0.4 is 0 Å². The lowest BCUT2D eigenvalue weighted by Crippen LogP contribution is -2.34. The molecule has 0 radical (unpaired) electrons. The summed E-state index contributed by atoms with van der Waals surface area (Å²) in [7, 11) is 0. The Morgan fingerprint density at radius 2 is 1.89 bits per heavy atom. The third-order valence-corrected chi connectivity index (χ3v) is 4.10. The molecular weight excluding hydrogens is 349 g/mol. The molecule has 0 unspecified atom stereocenters. The van der Waals surface area contributed by atoms with Gasteiger partial charge in [0.1, 0.15) is 29.7 Å². The molecule has 1 atom stereocenters. The minimum Gasteiger partial charge on any atom is -0.467 e. The molecule has 0 saturated carbocycles. The molecule has 0 aliphatic carbocycles. The molecule has 1 N–H and O–H groups in total. The molecule has 3 aromatic rings. The van der Waals surface area contributed by atoms with Gasteiger partial charge in [0.2, 0.25) is 0 Å². The van der Waals surface area contributed by atoms with E-state index < -0.39 is 6.10 Å². The number of halogens is 1. The molecule has 0 saturated heterocycles. The van der Waals surface area contributed by atoms with Crippen LogP contribution >= 0.6 is 0 Å². The molecule has 1 aromatic carbocycles. The molecule has 0 fully saturated rings. The SMILES string of the molecule is Cc1ccc(CN(Cc2ccc(F)cc2)C[C@@H](O)COCc2ccco2)o1. The zero-order valence-electron chi connectivity index (χ0n) is 15.3. The third-order valence-electron chi connectivity index (χ3n) is 4.10. The average Bonchev–Trinajstić information content (AvgIpc) is 3.29. The van der Waals surface area contributed by atoms with Crippen LogP contribution in [-0.4, -0.2) is 29.3 Å². The Bertz CT molecular complexity index is 798. The predicted octanol–water partition coefficient (Wildman–Crippen LogP) is 3.90. The highest BCUT2D eigenvalue weighted by molar-refractivity contribution is 5.16. The molecule has 0 spiro atoms. The summed E-state index contributed by atoms with van der Waals surface area (Å²) in [5.74, 6) is 2.11. The van der Waals surface area contributed by atoms with E-state index in [0.717, 1.165) is 22.8 Å². The number of aliphatic hydroxyl groups excluding tert-OH is 1. The first kappa shape index (κ1) is 19.4. The van der Waals surface area contributed by atoms with Crippen LogP contribution in [0.4, 0.5) is 4.39 Å². The van der Waals surface area contributed by atoms with Gasteiger partial charge in [0.15, 0.2) is 0 Å². The second-order valence-electron chi connectivity index (χ2n) is 6.56. The highest BCUT2D eigenvalue weighted by atomic mass is 19.1. The van der Waals surface area contributed by atoms with E-state index in [1.165, 1.54) is 12.1 Å². The van der Waals surface area contributed by atoms with Crippen molar-refractivity contribution < 1.29 is 23.1 Å². The molecule has 3 rings (SSSR count). The quantitative estimate of drug-likeness (QED) is 0.584. The van der Waals surface area contributed by atoms with Crippen molar-refractivity contribution in [1.82, 2.24) is 4.90 Å². The van der Waals surface area contributed by atoms with Gasteiger partial charge in [-0.15, -0.1) is 0 Å². The van der Waals surface area contributed by atoms with Gasteiger partial charge in [-0.1, -0.05) is 12.1 Å². The van der Waals surface area contributed by atoms with Gasteiger partial charge in [-0.05, 0) is 48.9 Å². The van der Waals surface area contributed by atoms with Crippen molar-refractivity contribution in [1.29, 1.82) is 0 Å². The highest BCUT2D eigenvalue weighted by Crippen LogP contribution is 2.14. The topological polar surface area (TPSA) is 59.0 Å². The number of aliphatic hydroxyl groups is 1. The third kappa shape index (κ3) is 6.36. The Balaban J connectivity index is 1.56. The molecular formula is C21H24FNO4. The number of aryl methyl sites for hydroxylation is 1. The van der Waals surface area contributed by atoms with Gasteiger partial charge < -0.3 is 18.7 Å². The van der Waals surface area contributed by atoms with Crippen molar-refractivity contribution in [3.05, 3.63) is 83.5 Å². The zero-order valence-corrected chi connectivity index (χ0v) is 15.3. The molecule has 144 valence electrons. The molecule has 5 nitrogen and oxygen atoms in total. The van der Waals surface area contributed by atoms with E-state index >= 15 is 0 Å². The van der Waals surface area contributed by atoms with E-state index in [0.29, 0.717) is 26.2 Å². The van der Waals surface area contributed by atoms with Crippen LogP contribution in [0.15, 0.2) is 63.6 Å². The summed E-state index contributed by atoms with van der Waals surface area (Å²) < 4.78 is 29.5. The minimum atomic E-state index is -0.670. The van der Waals surface area contributed by atoms with Crippen molar-refractivity contribution in [2.24, 2.45) is 0 Å². The first-order chi connectivity index (χ1) is 13.1. The second-order valence-corrected chi connectivity index (χ2v) is 6.56. The van der Waals surface area contributed by atoms with Crippen molar-refractivity contribution in [3.8, 4) is 0 Å². The van der Waals surface area contributed by atoms with Gasteiger partial charge >= 0.3 is 0 Å². The van der Waals surface area contributed by atoms with Gasteiger partial charge in [0, 0.05) is 13.1 Å². The van der Waals surface area contributed by atoms with Crippen LogP contribution in [0.3, 0.4) is 0 Å². The van der Waals surface area contributed by atoms with Crippen LogP contribution in [0.5, 0.6) is 0 Å². The number of rotatable bonds is 10. The molecule has 27 heavy (non-hydrogen) atoms. The van der Waals surface area contributed by atoms with Crippen LogP contribution in [0.2, 0.25) is 0 Å². The molecule has 0 bridgehead atoms. The predicted molar refractivity (Wildman–Crippen MR) is 98.3 cm³/mol. The lowest BCUT2D eigenvalue weighted by Gasteiger charge is -2.24. The summed E-state index contributed by atoms with van der Waals surface area (Å²) in [4.78, 5) is 2.05. The highest BCUT2D eigenvalue weighted by Gasteiger charge is 2.15. The van der Waals surface area contributed by atoms with E-state index in [4.69, 9.17) is 13.6 Å². The van der Waals surface area contributed by atoms with Crippen molar-refractivity contribution in [3.63, 3.8) is 0 Å². The number of ether oxygens (including phenoxy) is 1. The Kier molecular flexibility index (Phi) is 6.81. The molecule has 0 amide bonds. The van der Waals surface area contributed by atoms with E-state index in [9.17, 15) is 9.50 Å². The minimum absolute atomic E-state index is 0.192. The van der Waals surface area contributed by atoms with Crippen LogP contribution in [0.1, 0.15) is 22.8 Å². The van der Waals surface area contributed by atoms with Gasteiger partial charge in [-0.3, -0.25) is 4.90 Å². The Hall–Kier alpha value is -2.41. The maximum atomic E-state index is 13.1. The Morgan fingerprint density at radius 3 is 2.56 bits per heavy atom. The molecule has 0 aliphatic heterocycles. The number of hydrogen-bond acceptors (Lipinski definition) is 5. The number of furan rings is 2. The number of nitrogens with zero attached hydrogens (tertiary/aromatic N) is 1. The first-order valence-corrected chi connectivity index (χ1v) is 8.89. The number of benzene rings is 1. The second kappa shape index (κ2) is 9.50. The molecule has 2 aromatic heterocycles. The van der Waals surface area contributed by atoms with Crippen LogP contribution in [-0.2, 0) is 24.4 Å². The summed E-state index contributed by atoms with van der Waals surface area (Å²) >= 11 is 0. The maximum Gasteiger partial charge on any atom is 0.129 e. The summed E-state index contributed by atoms with van der Waals surface area (Å²) in [6.07, 6.45) is 0.918. The van der Waals surface area contributed by atoms with Crippen LogP contribution in [0.25, 0.3) is 0 Å². The molecule has 6 heteroatoms.